The highest BCUT2D eigenvalue weighted by molar-refractivity contribution is 5.30. The van der Waals surface area contributed by atoms with E-state index in [0.29, 0.717) is 18.8 Å². The summed E-state index contributed by atoms with van der Waals surface area (Å²) >= 11 is 0. The summed E-state index contributed by atoms with van der Waals surface area (Å²) in [6.45, 7) is 5.88. The molecule has 1 saturated heterocycles. The molecular weight excluding hydrogens is 255 g/mol. The molecule has 1 unspecified atom stereocenters. The summed E-state index contributed by atoms with van der Waals surface area (Å²) in [5.41, 5.74) is 6.83. The molecule has 0 aromatic heterocycles. The van der Waals surface area contributed by atoms with E-state index in [4.69, 9.17) is 10.5 Å². The molecule has 1 aliphatic rings. The Kier molecular flexibility index (Phi) is 5.80. The minimum Gasteiger partial charge on any atom is -0.492 e. The van der Waals surface area contributed by atoms with Gasteiger partial charge in [0.15, 0.2) is 0 Å². The van der Waals surface area contributed by atoms with E-state index < -0.39 is 0 Å². The van der Waals surface area contributed by atoms with Gasteiger partial charge < -0.3 is 10.5 Å². The zero-order valence-corrected chi connectivity index (χ0v) is 12.3. The molecule has 1 heterocycles. The molecule has 1 aromatic rings. The van der Waals surface area contributed by atoms with Crippen LogP contribution >= 0.6 is 0 Å². The van der Waals surface area contributed by atoms with Crippen LogP contribution in [0.4, 0.5) is 4.39 Å². The van der Waals surface area contributed by atoms with E-state index in [0.717, 1.165) is 31.6 Å². The first-order chi connectivity index (χ1) is 9.67. The molecule has 0 spiro atoms. The van der Waals surface area contributed by atoms with Gasteiger partial charge in [-0.15, -0.1) is 0 Å². The fraction of sp³-hybridized carbons (Fsp3) is 0.625. The van der Waals surface area contributed by atoms with Gasteiger partial charge in [0.25, 0.3) is 0 Å². The lowest BCUT2D eigenvalue weighted by molar-refractivity contribution is 0.237. The van der Waals surface area contributed by atoms with Gasteiger partial charge in [-0.05, 0) is 56.5 Å². The Morgan fingerprint density at radius 3 is 2.75 bits per heavy atom. The van der Waals surface area contributed by atoms with Gasteiger partial charge in [0.05, 0.1) is 0 Å². The molecule has 3 nitrogen and oxygen atoms in total. The maximum absolute atomic E-state index is 13.6. The second kappa shape index (κ2) is 7.60. The number of nitrogens with two attached hydrogens (primary N) is 1. The van der Waals surface area contributed by atoms with Crippen LogP contribution in [0.25, 0.3) is 0 Å². The average molecular weight is 280 g/mol. The molecule has 0 amide bonds. The van der Waals surface area contributed by atoms with Crippen LogP contribution in [0, 0.1) is 5.82 Å². The van der Waals surface area contributed by atoms with Crippen LogP contribution in [0.15, 0.2) is 18.2 Å². The molecule has 20 heavy (non-hydrogen) atoms. The number of nitrogens with zero attached hydrogens (tertiary/aromatic N) is 1. The van der Waals surface area contributed by atoms with Crippen molar-refractivity contribution in [3.05, 3.63) is 29.6 Å². The highest BCUT2D eigenvalue weighted by atomic mass is 19.1. The summed E-state index contributed by atoms with van der Waals surface area (Å²) in [4.78, 5) is 2.38. The molecule has 1 fully saturated rings. The smallest absolute Gasteiger partial charge is 0.127 e. The van der Waals surface area contributed by atoms with Crippen LogP contribution in [0.1, 0.15) is 31.7 Å². The molecule has 1 aliphatic heterocycles. The lowest BCUT2D eigenvalue weighted by Gasteiger charge is -2.16. The van der Waals surface area contributed by atoms with Gasteiger partial charge >= 0.3 is 0 Å². The Balaban J connectivity index is 1.86. The summed E-state index contributed by atoms with van der Waals surface area (Å²) in [5, 5.41) is 0. The van der Waals surface area contributed by atoms with Gasteiger partial charge in [-0.3, -0.25) is 4.90 Å². The fourth-order valence-electron chi connectivity index (χ4n) is 2.57. The van der Waals surface area contributed by atoms with Gasteiger partial charge in [0.2, 0.25) is 0 Å². The van der Waals surface area contributed by atoms with Crippen molar-refractivity contribution in [2.45, 2.75) is 38.6 Å². The maximum atomic E-state index is 13.6. The Morgan fingerprint density at radius 2 is 2.05 bits per heavy atom. The lowest BCUT2D eigenvalue weighted by atomic mass is 10.0. The van der Waals surface area contributed by atoms with Crippen LogP contribution in [0.3, 0.4) is 0 Å². The van der Waals surface area contributed by atoms with E-state index >= 15 is 0 Å². The molecule has 112 valence electrons. The molecule has 4 heteroatoms. The number of hydrogen-bond acceptors (Lipinski definition) is 3. The number of rotatable bonds is 7. The number of hydrogen-bond donors (Lipinski definition) is 1. The summed E-state index contributed by atoms with van der Waals surface area (Å²) in [7, 11) is 0. The quantitative estimate of drug-likeness (QED) is 0.834. The monoisotopic (exact) mass is 280 g/mol. The first-order valence-corrected chi connectivity index (χ1v) is 7.57. The van der Waals surface area contributed by atoms with E-state index in [1.807, 2.05) is 13.0 Å². The summed E-state index contributed by atoms with van der Waals surface area (Å²) in [5.74, 6) is 0.365. The summed E-state index contributed by atoms with van der Waals surface area (Å²) < 4.78 is 19.3. The molecule has 1 aromatic carbocycles. The second-order valence-electron chi connectivity index (χ2n) is 5.56. The average Bonchev–Trinajstić information content (AvgIpc) is 2.91. The van der Waals surface area contributed by atoms with Crippen LogP contribution in [-0.2, 0) is 6.42 Å². The predicted octanol–water partition coefficient (Wildman–Crippen LogP) is 2.58. The topological polar surface area (TPSA) is 38.5 Å². The largest absolute Gasteiger partial charge is 0.492 e. The first kappa shape index (κ1) is 15.3. The van der Waals surface area contributed by atoms with Crippen molar-refractivity contribution in [2.24, 2.45) is 5.73 Å². The Labute approximate surface area is 120 Å². The number of halogens is 1. The minimum atomic E-state index is -0.248. The van der Waals surface area contributed by atoms with Crippen molar-refractivity contribution in [2.75, 3.05) is 26.2 Å². The fourth-order valence-corrected chi connectivity index (χ4v) is 2.57. The molecular formula is C16H25FN2O. The van der Waals surface area contributed by atoms with Gasteiger partial charge in [-0.2, -0.15) is 0 Å². The third-order valence-electron chi connectivity index (χ3n) is 3.83. The van der Waals surface area contributed by atoms with E-state index in [1.54, 1.807) is 6.07 Å². The van der Waals surface area contributed by atoms with Gasteiger partial charge in [-0.25, -0.2) is 4.39 Å². The standard InChI is InChI=1S/C16H25FN2O/c1-2-15(18)10-13-9-14(17)12-16(11-13)20-8-7-19-5-3-4-6-19/h9,11-12,15H,2-8,10,18H2,1H3. The number of likely N-dealkylation sites (tertiary alicyclic amines) is 1. The van der Waals surface area contributed by atoms with Crippen LogP contribution in [-0.4, -0.2) is 37.2 Å². The van der Waals surface area contributed by atoms with Crippen molar-refractivity contribution in [3.63, 3.8) is 0 Å². The zero-order valence-electron chi connectivity index (χ0n) is 12.3. The summed E-state index contributed by atoms with van der Waals surface area (Å²) in [6, 6.07) is 4.98. The van der Waals surface area contributed by atoms with E-state index in [1.165, 1.54) is 18.9 Å². The van der Waals surface area contributed by atoms with Gasteiger partial charge in [-0.1, -0.05) is 6.92 Å². The minimum absolute atomic E-state index is 0.0780. The molecule has 0 bridgehead atoms. The van der Waals surface area contributed by atoms with Gasteiger partial charge in [0.1, 0.15) is 18.2 Å². The van der Waals surface area contributed by atoms with Crippen molar-refractivity contribution in [1.82, 2.24) is 4.90 Å². The summed E-state index contributed by atoms with van der Waals surface area (Å²) in [6.07, 6.45) is 4.14. The van der Waals surface area contributed by atoms with Crippen molar-refractivity contribution >= 4 is 0 Å². The Bertz CT molecular complexity index is 419. The number of ether oxygens (including phenoxy) is 1. The third kappa shape index (κ3) is 4.76. The van der Waals surface area contributed by atoms with Crippen LogP contribution in [0.5, 0.6) is 5.75 Å². The first-order valence-electron chi connectivity index (χ1n) is 7.57. The normalized spacial score (nSPS) is 17.4. The lowest BCUT2D eigenvalue weighted by Crippen LogP contribution is -2.25. The van der Waals surface area contributed by atoms with E-state index in [-0.39, 0.29) is 11.9 Å². The SMILES string of the molecule is CCC(N)Cc1cc(F)cc(OCCN2CCCC2)c1. The number of benzene rings is 1. The van der Waals surface area contributed by atoms with E-state index in [2.05, 4.69) is 4.90 Å². The highest BCUT2D eigenvalue weighted by Crippen LogP contribution is 2.18. The van der Waals surface area contributed by atoms with Crippen molar-refractivity contribution in [3.8, 4) is 5.75 Å². The molecule has 2 N–H and O–H groups in total. The molecule has 2 rings (SSSR count). The molecule has 0 saturated carbocycles. The zero-order chi connectivity index (χ0) is 14.4. The molecule has 0 aliphatic carbocycles. The van der Waals surface area contributed by atoms with E-state index in [9.17, 15) is 4.39 Å². The Morgan fingerprint density at radius 1 is 1.30 bits per heavy atom. The van der Waals surface area contributed by atoms with Crippen LogP contribution in [0.2, 0.25) is 0 Å². The van der Waals surface area contributed by atoms with Gasteiger partial charge in [0, 0.05) is 18.7 Å². The molecule has 1 atom stereocenters. The molecule has 0 radical (unpaired) electrons. The highest BCUT2D eigenvalue weighted by Gasteiger charge is 2.11. The maximum Gasteiger partial charge on any atom is 0.127 e. The Hall–Kier alpha value is -1.13. The second-order valence-corrected chi connectivity index (χ2v) is 5.56. The van der Waals surface area contributed by atoms with Crippen molar-refractivity contribution < 1.29 is 9.13 Å². The van der Waals surface area contributed by atoms with Crippen molar-refractivity contribution in [1.29, 1.82) is 0 Å². The van der Waals surface area contributed by atoms with Crippen LogP contribution < -0.4 is 10.5 Å². The third-order valence-corrected chi connectivity index (χ3v) is 3.83. The predicted molar refractivity (Wildman–Crippen MR) is 79.5 cm³/mol.